The fourth-order valence-electron chi connectivity index (χ4n) is 1.84. The minimum Gasteiger partial charge on any atom is -0.314 e. The molecule has 0 aliphatic heterocycles. The number of hydrogen-bond acceptors (Lipinski definition) is 2. The largest absolute Gasteiger partial charge is 0.314 e. The molecule has 1 N–H and O–H groups in total. The molecule has 1 aromatic carbocycles. The van der Waals surface area contributed by atoms with Gasteiger partial charge in [-0.15, -0.1) is 11.8 Å². The van der Waals surface area contributed by atoms with Crippen LogP contribution in [0.4, 0.5) is 0 Å². The molecular weight excluding hydrogens is 190 g/mol. The highest BCUT2D eigenvalue weighted by atomic mass is 32.2. The Balaban J connectivity index is 2.09. The van der Waals surface area contributed by atoms with Crippen molar-refractivity contribution in [2.75, 3.05) is 13.3 Å². The number of nitrogens with one attached hydrogen (secondary N) is 1. The third kappa shape index (κ3) is 2.12. The van der Waals surface area contributed by atoms with E-state index in [1.165, 1.54) is 29.7 Å². The van der Waals surface area contributed by atoms with Gasteiger partial charge < -0.3 is 5.32 Å². The molecule has 1 fully saturated rings. The number of benzene rings is 1. The zero-order valence-corrected chi connectivity index (χ0v) is 9.66. The van der Waals surface area contributed by atoms with E-state index in [0.29, 0.717) is 5.54 Å². The SMILES string of the molecule is CNC1(Cc2cccc(SC)c2)CC1. The van der Waals surface area contributed by atoms with Crippen LogP contribution in [0, 0.1) is 0 Å². The zero-order valence-electron chi connectivity index (χ0n) is 8.84. The van der Waals surface area contributed by atoms with E-state index in [0.717, 1.165) is 0 Å². The average Bonchev–Trinajstić information content (AvgIpc) is 2.99. The van der Waals surface area contributed by atoms with Gasteiger partial charge in [0.2, 0.25) is 0 Å². The lowest BCUT2D eigenvalue weighted by atomic mass is 10.0. The van der Waals surface area contributed by atoms with Crippen molar-refractivity contribution in [2.24, 2.45) is 0 Å². The van der Waals surface area contributed by atoms with Gasteiger partial charge in [-0.1, -0.05) is 12.1 Å². The predicted molar refractivity (Wildman–Crippen MR) is 63.0 cm³/mol. The van der Waals surface area contributed by atoms with E-state index in [-0.39, 0.29) is 0 Å². The van der Waals surface area contributed by atoms with Gasteiger partial charge in [0.15, 0.2) is 0 Å². The molecule has 1 aliphatic rings. The molecule has 76 valence electrons. The minimum atomic E-state index is 0.428. The molecule has 0 saturated heterocycles. The highest BCUT2D eigenvalue weighted by Gasteiger charge is 2.40. The van der Waals surface area contributed by atoms with Gasteiger partial charge in [0.25, 0.3) is 0 Å². The molecule has 14 heavy (non-hydrogen) atoms. The highest BCUT2D eigenvalue weighted by Crippen LogP contribution is 2.38. The molecule has 0 spiro atoms. The standard InChI is InChI=1S/C12H17NS/c1-13-12(6-7-12)9-10-4-3-5-11(8-10)14-2/h3-5,8,13H,6-7,9H2,1-2H3. The van der Waals surface area contributed by atoms with Crippen molar-refractivity contribution in [3.8, 4) is 0 Å². The highest BCUT2D eigenvalue weighted by molar-refractivity contribution is 7.98. The third-order valence-corrected chi connectivity index (χ3v) is 3.79. The summed E-state index contributed by atoms with van der Waals surface area (Å²) in [4.78, 5) is 1.37. The minimum absolute atomic E-state index is 0.428. The summed E-state index contributed by atoms with van der Waals surface area (Å²) in [5.41, 5.74) is 1.89. The van der Waals surface area contributed by atoms with E-state index in [1.807, 2.05) is 11.8 Å². The lowest BCUT2D eigenvalue weighted by Crippen LogP contribution is -2.29. The summed E-state index contributed by atoms with van der Waals surface area (Å²) in [6.07, 6.45) is 5.96. The van der Waals surface area contributed by atoms with Gasteiger partial charge in [-0.3, -0.25) is 0 Å². The molecule has 0 aromatic heterocycles. The first-order chi connectivity index (χ1) is 6.78. The van der Waals surface area contributed by atoms with Crippen molar-refractivity contribution in [2.45, 2.75) is 29.7 Å². The molecule has 1 saturated carbocycles. The first-order valence-electron chi connectivity index (χ1n) is 5.10. The summed E-state index contributed by atoms with van der Waals surface area (Å²) >= 11 is 1.82. The fourth-order valence-corrected chi connectivity index (χ4v) is 2.32. The van der Waals surface area contributed by atoms with Crippen molar-refractivity contribution in [3.63, 3.8) is 0 Å². The first-order valence-corrected chi connectivity index (χ1v) is 6.32. The number of thioether (sulfide) groups is 1. The van der Waals surface area contributed by atoms with Crippen LogP contribution in [0.15, 0.2) is 29.2 Å². The second-order valence-electron chi connectivity index (χ2n) is 4.06. The Kier molecular flexibility index (Phi) is 2.84. The van der Waals surface area contributed by atoms with Crippen LogP contribution in [-0.2, 0) is 6.42 Å². The molecule has 0 heterocycles. The summed E-state index contributed by atoms with van der Waals surface area (Å²) < 4.78 is 0. The Morgan fingerprint density at radius 2 is 2.21 bits per heavy atom. The molecule has 1 aromatic rings. The summed E-state index contributed by atoms with van der Waals surface area (Å²) in [6.45, 7) is 0. The van der Waals surface area contributed by atoms with E-state index in [1.54, 1.807) is 0 Å². The van der Waals surface area contributed by atoms with E-state index in [9.17, 15) is 0 Å². The topological polar surface area (TPSA) is 12.0 Å². The summed E-state index contributed by atoms with van der Waals surface area (Å²) in [5.74, 6) is 0. The molecule has 2 rings (SSSR count). The Morgan fingerprint density at radius 1 is 1.43 bits per heavy atom. The maximum Gasteiger partial charge on any atom is 0.0220 e. The van der Waals surface area contributed by atoms with Gasteiger partial charge in [-0.25, -0.2) is 0 Å². The zero-order chi connectivity index (χ0) is 10.0. The molecule has 1 nitrogen and oxygen atoms in total. The molecule has 2 heteroatoms. The van der Waals surface area contributed by atoms with Gasteiger partial charge in [0.1, 0.15) is 0 Å². The summed E-state index contributed by atoms with van der Waals surface area (Å²) in [5, 5.41) is 3.43. The first kappa shape index (κ1) is 10.1. The second kappa shape index (κ2) is 3.95. The Labute approximate surface area is 90.3 Å². The quantitative estimate of drug-likeness (QED) is 0.762. The van der Waals surface area contributed by atoms with Crippen LogP contribution in [0.1, 0.15) is 18.4 Å². The van der Waals surface area contributed by atoms with Crippen LogP contribution in [0.3, 0.4) is 0 Å². The smallest absolute Gasteiger partial charge is 0.0220 e. The van der Waals surface area contributed by atoms with Gasteiger partial charge in [0, 0.05) is 10.4 Å². The Hall–Kier alpha value is -0.470. The lowest BCUT2D eigenvalue weighted by Gasteiger charge is -2.14. The molecular formula is C12H17NS. The van der Waals surface area contributed by atoms with Gasteiger partial charge in [-0.2, -0.15) is 0 Å². The van der Waals surface area contributed by atoms with E-state index in [4.69, 9.17) is 0 Å². The normalized spacial score (nSPS) is 18.1. The van der Waals surface area contributed by atoms with Crippen LogP contribution >= 0.6 is 11.8 Å². The van der Waals surface area contributed by atoms with Crippen molar-refractivity contribution < 1.29 is 0 Å². The summed E-state index contributed by atoms with van der Waals surface area (Å²) in [7, 11) is 2.07. The van der Waals surface area contributed by atoms with E-state index >= 15 is 0 Å². The van der Waals surface area contributed by atoms with E-state index < -0.39 is 0 Å². The second-order valence-corrected chi connectivity index (χ2v) is 4.94. The third-order valence-electron chi connectivity index (χ3n) is 3.06. The van der Waals surface area contributed by atoms with E-state index in [2.05, 4.69) is 42.9 Å². The van der Waals surface area contributed by atoms with Crippen LogP contribution < -0.4 is 5.32 Å². The molecule has 0 amide bonds. The molecule has 1 aliphatic carbocycles. The Bertz CT molecular complexity index is 318. The maximum atomic E-state index is 3.43. The summed E-state index contributed by atoms with van der Waals surface area (Å²) in [6, 6.07) is 8.87. The number of rotatable bonds is 4. The van der Waals surface area contributed by atoms with Crippen molar-refractivity contribution >= 4 is 11.8 Å². The molecule has 0 bridgehead atoms. The van der Waals surface area contributed by atoms with Crippen LogP contribution in [0.25, 0.3) is 0 Å². The van der Waals surface area contributed by atoms with Crippen molar-refractivity contribution in [1.29, 1.82) is 0 Å². The molecule has 0 unspecified atom stereocenters. The average molecular weight is 207 g/mol. The Morgan fingerprint density at radius 3 is 2.79 bits per heavy atom. The van der Waals surface area contributed by atoms with Gasteiger partial charge in [0.05, 0.1) is 0 Å². The van der Waals surface area contributed by atoms with Gasteiger partial charge in [-0.05, 0) is 50.3 Å². The van der Waals surface area contributed by atoms with Crippen LogP contribution in [0.2, 0.25) is 0 Å². The maximum absolute atomic E-state index is 3.43. The predicted octanol–water partition coefficient (Wildman–Crippen LogP) is 2.70. The van der Waals surface area contributed by atoms with Crippen LogP contribution in [0.5, 0.6) is 0 Å². The number of hydrogen-bond donors (Lipinski definition) is 1. The van der Waals surface area contributed by atoms with Gasteiger partial charge >= 0.3 is 0 Å². The molecule has 0 atom stereocenters. The fraction of sp³-hybridized carbons (Fsp3) is 0.500. The number of likely N-dealkylation sites (N-methyl/N-ethyl adjacent to an activating group) is 1. The monoisotopic (exact) mass is 207 g/mol. The molecule has 0 radical (unpaired) electrons. The lowest BCUT2D eigenvalue weighted by molar-refractivity contribution is 0.548. The van der Waals surface area contributed by atoms with Crippen molar-refractivity contribution in [3.05, 3.63) is 29.8 Å². The van der Waals surface area contributed by atoms with Crippen molar-refractivity contribution in [1.82, 2.24) is 5.32 Å². The van der Waals surface area contributed by atoms with Crippen LogP contribution in [-0.4, -0.2) is 18.8 Å².